The number of Topliss-reactive ketones (excluding diaryl/α,β-unsaturated/α-hetero) is 1. The van der Waals surface area contributed by atoms with Crippen molar-refractivity contribution >= 4 is 19.8 Å². The van der Waals surface area contributed by atoms with Crippen LogP contribution in [-0.2, 0) is 18.7 Å². The van der Waals surface area contributed by atoms with Gasteiger partial charge in [-0.2, -0.15) is 0 Å². The highest BCUT2D eigenvalue weighted by Crippen LogP contribution is 2.14. The van der Waals surface area contributed by atoms with Crippen LogP contribution in [0.1, 0.15) is 6.42 Å². The van der Waals surface area contributed by atoms with Crippen LogP contribution in [0, 0.1) is 0 Å². The van der Waals surface area contributed by atoms with Gasteiger partial charge in [-0.15, -0.1) is 0 Å². The first kappa shape index (κ1) is 10.3. The Balaban J connectivity index is 3.47. The molecule has 0 saturated carbocycles. The minimum atomic E-state index is -2.05. The fourth-order valence-corrected chi connectivity index (χ4v) is 0.784. The lowest BCUT2D eigenvalue weighted by molar-refractivity contribution is -0.149. The average molecular weight is 180 g/mol. The molecule has 0 aliphatic heterocycles. The summed E-state index contributed by atoms with van der Waals surface area (Å²) in [7, 11) is -2.05. The van der Waals surface area contributed by atoms with Crippen LogP contribution in [0.4, 0.5) is 0 Å². The van der Waals surface area contributed by atoms with Gasteiger partial charge in [0.25, 0.3) is 0 Å². The maximum Gasteiger partial charge on any atom is 0.372 e. The summed E-state index contributed by atoms with van der Waals surface area (Å²) < 4.78 is 14.8. The second-order valence-electron chi connectivity index (χ2n) is 1.82. The number of hydrogen-bond acceptors (Lipinski definition) is 4. The zero-order valence-corrected chi connectivity index (χ0v) is 6.99. The zero-order chi connectivity index (χ0) is 8.85. The predicted molar refractivity (Wildman–Crippen MR) is 38.1 cm³/mol. The fourth-order valence-electron chi connectivity index (χ4n) is 0.394. The van der Waals surface area contributed by atoms with Crippen LogP contribution in [-0.4, -0.2) is 30.1 Å². The Morgan fingerprint density at radius 3 is 2.45 bits per heavy atom. The van der Waals surface area contributed by atoms with Crippen LogP contribution < -0.4 is 0 Å². The number of hydrogen-bond donors (Lipinski definition) is 1. The van der Waals surface area contributed by atoms with Crippen molar-refractivity contribution in [2.45, 2.75) is 6.42 Å². The standard InChI is InChI=1S/C5H9O5P/c1-11(9)10-3-2-4(6)5(7)8/h11H,2-3H2,1H3,(H,7,8). The maximum absolute atomic E-state index is 10.4. The molecule has 0 rings (SSSR count). The van der Waals surface area contributed by atoms with Crippen molar-refractivity contribution in [2.75, 3.05) is 13.3 Å². The van der Waals surface area contributed by atoms with Crippen LogP contribution >= 0.6 is 8.03 Å². The largest absolute Gasteiger partial charge is 0.475 e. The lowest BCUT2D eigenvalue weighted by atomic mass is 10.3. The van der Waals surface area contributed by atoms with E-state index >= 15 is 0 Å². The van der Waals surface area contributed by atoms with Gasteiger partial charge in [0.15, 0.2) is 8.03 Å². The van der Waals surface area contributed by atoms with Gasteiger partial charge in [-0.1, -0.05) is 0 Å². The molecule has 1 atom stereocenters. The van der Waals surface area contributed by atoms with Gasteiger partial charge in [0.2, 0.25) is 5.78 Å². The molecule has 5 nitrogen and oxygen atoms in total. The monoisotopic (exact) mass is 180 g/mol. The molecule has 0 saturated heterocycles. The van der Waals surface area contributed by atoms with Crippen LogP contribution in [0.5, 0.6) is 0 Å². The molecule has 0 aromatic rings. The molecule has 0 amide bonds. The Bertz CT molecular complexity index is 187. The van der Waals surface area contributed by atoms with Crippen LogP contribution in [0.2, 0.25) is 0 Å². The lowest BCUT2D eigenvalue weighted by Gasteiger charge is -1.96. The predicted octanol–water partition coefficient (Wildman–Crippen LogP) is 0.151. The molecule has 0 fully saturated rings. The van der Waals surface area contributed by atoms with Gasteiger partial charge in [-0.05, 0) is 0 Å². The Hall–Kier alpha value is -0.670. The molecule has 0 aromatic heterocycles. The van der Waals surface area contributed by atoms with E-state index in [9.17, 15) is 14.2 Å². The van der Waals surface area contributed by atoms with E-state index in [2.05, 4.69) is 4.52 Å². The Kier molecular flexibility index (Phi) is 4.74. The van der Waals surface area contributed by atoms with Crippen molar-refractivity contribution in [1.82, 2.24) is 0 Å². The summed E-state index contributed by atoms with van der Waals surface area (Å²) in [6.07, 6.45) is -0.223. The summed E-state index contributed by atoms with van der Waals surface area (Å²) in [6.45, 7) is 1.29. The fraction of sp³-hybridized carbons (Fsp3) is 0.600. The molecule has 1 unspecified atom stereocenters. The minimum absolute atomic E-state index is 0.0839. The van der Waals surface area contributed by atoms with Crippen molar-refractivity contribution < 1.29 is 23.8 Å². The first-order valence-electron chi connectivity index (χ1n) is 2.93. The second kappa shape index (κ2) is 5.04. The Labute approximate surface area is 64.2 Å². The van der Waals surface area contributed by atoms with E-state index in [0.29, 0.717) is 0 Å². The van der Waals surface area contributed by atoms with Crippen molar-refractivity contribution in [3.8, 4) is 0 Å². The molecular formula is C5H9O5P. The van der Waals surface area contributed by atoms with Gasteiger partial charge in [0.05, 0.1) is 6.61 Å². The van der Waals surface area contributed by atoms with Crippen LogP contribution in [0.25, 0.3) is 0 Å². The molecule has 0 aliphatic carbocycles. The molecule has 64 valence electrons. The number of aliphatic carboxylic acids is 1. The third-order valence-corrected chi connectivity index (χ3v) is 1.48. The maximum atomic E-state index is 10.4. The number of carboxylic acid groups (broad SMARTS) is 1. The van der Waals surface area contributed by atoms with Crippen molar-refractivity contribution in [2.24, 2.45) is 0 Å². The van der Waals surface area contributed by atoms with Gasteiger partial charge < -0.3 is 9.63 Å². The van der Waals surface area contributed by atoms with E-state index in [4.69, 9.17) is 5.11 Å². The normalized spacial score (nSPS) is 12.5. The summed E-state index contributed by atoms with van der Waals surface area (Å²) in [5.74, 6) is -2.40. The molecule has 6 heteroatoms. The summed E-state index contributed by atoms with van der Waals surface area (Å²) in [5.41, 5.74) is 0. The third-order valence-electron chi connectivity index (χ3n) is 0.873. The van der Waals surface area contributed by atoms with Crippen molar-refractivity contribution in [3.63, 3.8) is 0 Å². The van der Waals surface area contributed by atoms with Crippen molar-refractivity contribution in [1.29, 1.82) is 0 Å². The topological polar surface area (TPSA) is 80.7 Å². The van der Waals surface area contributed by atoms with E-state index in [0.717, 1.165) is 0 Å². The van der Waals surface area contributed by atoms with E-state index in [1.54, 1.807) is 0 Å². The molecular weight excluding hydrogens is 171 g/mol. The van der Waals surface area contributed by atoms with E-state index in [1.807, 2.05) is 0 Å². The highest BCUT2D eigenvalue weighted by molar-refractivity contribution is 7.38. The smallest absolute Gasteiger partial charge is 0.372 e. The van der Waals surface area contributed by atoms with Gasteiger partial charge in [-0.3, -0.25) is 9.36 Å². The quantitative estimate of drug-likeness (QED) is 0.481. The molecule has 0 radical (unpaired) electrons. The molecule has 11 heavy (non-hydrogen) atoms. The SMILES string of the molecule is C[PH](=O)OCCC(=O)C(=O)O. The summed E-state index contributed by atoms with van der Waals surface area (Å²) in [4.78, 5) is 20.3. The number of rotatable bonds is 5. The van der Waals surface area contributed by atoms with E-state index in [-0.39, 0.29) is 13.0 Å². The summed E-state index contributed by atoms with van der Waals surface area (Å²) in [5, 5.41) is 8.07. The molecule has 1 N–H and O–H groups in total. The highest BCUT2D eigenvalue weighted by atomic mass is 31.1. The van der Waals surface area contributed by atoms with Gasteiger partial charge in [0, 0.05) is 13.1 Å². The summed E-state index contributed by atoms with van der Waals surface area (Å²) >= 11 is 0. The minimum Gasteiger partial charge on any atom is -0.475 e. The highest BCUT2D eigenvalue weighted by Gasteiger charge is 2.10. The average Bonchev–Trinajstić information content (AvgIpc) is 1.86. The number of ketones is 1. The first-order valence-corrected chi connectivity index (χ1v) is 4.75. The van der Waals surface area contributed by atoms with E-state index in [1.165, 1.54) is 6.66 Å². The lowest BCUT2D eigenvalue weighted by Crippen LogP contribution is -2.13. The van der Waals surface area contributed by atoms with Crippen LogP contribution in [0.3, 0.4) is 0 Å². The van der Waals surface area contributed by atoms with E-state index < -0.39 is 19.8 Å². The second-order valence-corrected chi connectivity index (χ2v) is 3.09. The molecule has 0 heterocycles. The van der Waals surface area contributed by atoms with Crippen molar-refractivity contribution in [3.05, 3.63) is 0 Å². The zero-order valence-electron chi connectivity index (χ0n) is 5.99. The van der Waals surface area contributed by atoms with Gasteiger partial charge in [-0.25, -0.2) is 4.79 Å². The molecule has 0 aromatic carbocycles. The number of carbonyl (C=O) groups is 2. The number of carbonyl (C=O) groups excluding carboxylic acids is 1. The van der Waals surface area contributed by atoms with Gasteiger partial charge >= 0.3 is 5.97 Å². The number of carboxylic acids is 1. The molecule has 0 spiro atoms. The molecule has 0 aliphatic rings. The van der Waals surface area contributed by atoms with Crippen LogP contribution in [0.15, 0.2) is 0 Å². The first-order chi connectivity index (χ1) is 5.04. The summed E-state index contributed by atoms with van der Waals surface area (Å²) in [6, 6.07) is 0. The molecule has 0 bridgehead atoms. The third kappa shape index (κ3) is 5.76. The van der Waals surface area contributed by atoms with Gasteiger partial charge in [0.1, 0.15) is 0 Å². The Morgan fingerprint density at radius 1 is 1.55 bits per heavy atom. The Morgan fingerprint density at radius 2 is 2.09 bits per heavy atom.